The second-order valence-electron chi connectivity index (χ2n) is 7.29. The van der Waals surface area contributed by atoms with Gasteiger partial charge in [0.2, 0.25) is 0 Å². The number of hydrogen-bond acceptors (Lipinski definition) is 2. The predicted octanol–water partition coefficient (Wildman–Crippen LogP) is 4.77. The molecule has 2 rings (SSSR count). The minimum atomic E-state index is -0.601. The van der Waals surface area contributed by atoms with Crippen LogP contribution in [0.25, 0.3) is 0 Å². The molecule has 1 aromatic rings. The molecular weight excluding hydrogens is 386 g/mol. The van der Waals surface area contributed by atoms with Crippen molar-refractivity contribution in [1.29, 1.82) is 0 Å². The van der Waals surface area contributed by atoms with Crippen LogP contribution >= 0.6 is 15.9 Å². The van der Waals surface area contributed by atoms with Gasteiger partial charge in [0.05, 0.1) is 17.5 Å². The van der Waals surface area contributed by atoms with Crippen molar-refractivity contribution in [2.45, 2.75) is 50.9 Å². The van der Waals surface area contributed by atoms with Crippen LogP contribution in [0.5, 0.6) is 0 Å². The molecule has 0 aromatic heterocycles. The zero-order valence-electron chi connectivity index (χ0n) is 14.7. The molecule has 1 heterocycles. The van der Waals surface area contributed by atoms with Crippen molar-refractivity contribution >= 4 is 21.6 Å². The summed E-state index contributed by atoms with van der Waals surface area (Å²) in [5.41, 5.74) is 8.17. The second-order valence-corrected chi connectivity index (χ2v) is 8.47. The van der Waals surface area contributed by atoms with E-state index in [0.717, 1.165) is 24.6 Å². The molecule has 0 radical (unpaired) electrons. The summed E-state index contributed by atoms with van der Waals surface area (Å²) in [5, 5.41) is 0. The van der Waals surface area contributed by atoms with Gasteiger partial charge in [0, 0.05) is 16.3 Å². The maximum absolute atomic E-state index is 13.4. The molecule has 2 N–H and O–H groups in total. The molecule has 0 aliphatic carbocycles. The van der Waals surface area contributed by atoms with Crippen LogP contribution in [0.3, 0.4) is 0 Å². The van der Waals surface area contributed by atoms with E-state index in [1.165, 1.54) is 12.1 Å². The van der Waals surface area contributed by atoms with Crippen LogP contribution in [-0.2, 0) is 6.42 Å². The van der Waals surface area contributed by atoms with E-state index in [9.17, 15) is 8.78 Å². The number of aliphatic imine (C=N–C) groups is 1. The number of hydrogen-bond donors (Lipinski definition) is 1. The average molecular weight is 409 g/mol. The highest BCUT2D eigenvalue weighted by molar-refractivity contribution is 9.09. The Morgan fingerprint density at radius 3 is 2.52 bits per heavy atom. The van der Waals surface area contributed by atoms with Gasteiger partial charge in [-0.05, 0) is 63.8 Å². The summed E-state index contributed by atoms with van der Waals surface area (Å²) in [6.07, 6.45) is 3.92. The number of rotatable bonds is 3. The van der Waals surface area contributed by atoms with E-state index < -0.39 is 17.7 Å². The first-order valence-corrected chi connectivity index (χ1v) is 9.21. The maximum atomic E-state index is 13.4. The highest BCUT2D eigenvalue weighted by Gasteiger charge is 2.17. The highest BCUT2D eigenvalue weighted by Crippen LogP contribution is 2.22. The fraction of sp³-hybridized carbons (Fsp3) is 0.450. The topological polar surface area (TPSA) is 38.4 Å². The van der Waals surface area contributed by atoms with E-state index in [1.807, 2.05) is 26.8 Å². The molecule has 5 heteroatoms. The Balaban J connectivity index is 2.24. The van der Waals surface area contributed by atoms with Crippen LogP contribution in [0.4, 0.5) is 8.78 Å². The molecule has 1 aromatic carbocycles. The zero-order valence-corrected chi connectivity index (χ0v) is 16.3. The molecule has 2 atom stereocenters. The minimum Gasteiger partial charge on any atom is -0.322 e. The predicted molar refractivity (Wildman–Crippen MR) is 103 cm³/mol. The molecule has 1 aliphatic heterocycles. The van der Waals surface area contributed by atoms with Gasteiger partial charge in [0.15, 0.2) is 0 Å². The first-order valence-electron chi connectivity index (χ1n) is 8.29. The van der Waals surface area contributed by atoms with Crippen molar-refractivity contribution in [3.05, 3.63) is 47.2 Å². The van der Waals surface area contributed by atoms with Crippen LogP contribution < -0.4 is 5.73 Å². The van der Waals surface area contributed by atoms with E-state index in [2.05, 4.69) is 32.8 Å². The van der Waals surface area contributed by atoms with Crippen molar-refractivity contribution < 1.29 is 8.78 Å². The molecule has 2 unspecified atom stereocenters. The Bertz CT molecular complexity index is 731. The van der Waals surface area contributed by atoms with Gasteiger partial charge in [0.1, 0.15) is 11.6 Å². The summed E-state index contributed by atoms with van der Waals surface area (Å²) in [4.78, 5) is 4.78. The van der Waals surface area contributed by atoms with E-state index in [0.29, 0.717) is 17.7 Å². The Kier molecular flexibility index (Phi) is 6.53. The zero-order chi connectivity index (χ0) is 18.6. The van der Waals surface area contributed by atoms with Gasteiger partial charge in [-0.2, -0.15) is 0 Å². The lowest BCUT2D eigenvalue weighted by atomic mass is 9.97. The van der Waals surface area contributed by atoms with Gasteiger partial charge in [-0.15, -0.1) is 0 Å². The molecule has 134 valence electrons. The lowest BCUT2D eigenvalue weighted by Gasteiger charge is -2.13. The fourth-order valence-corrected chi connectivity index (χ4v) is 2.94. The number of benzene rings is 1. The van der Waals surface area contributed by atoms with Gasteiger partial charge < -0.3 is 5.73 Å². The Labute approximate surface area is 156 Å². The third-order valence-electron chi connectivity index (χ3n) is 3.61. The van der Waals surface area contributed by atoms with Gasteiger partial charge in [0.25, 0.3) is 0 Å². The van der Waals surface area contributed by atoms with E-state index in [4.69, 9.17) is 5.73 Å². The fourth-order valence-electron chi connectivity index (χ4n) is 2.44. The third-order valence-corrected chi connectivity index (χ3v) is 4.33. The molecule has 1 aliphatic rings. The maximum Gasteiger partial charge on any atom is 0.126 e. The molecule has 25 heavy (non-hydrogen) atoms. The summed E-state index contributed by atoms with van der Waals surface area (Å²) in [6, 6.07) is 3.00. The van der Waals surface area contributed by atoms with Gasteiger partial charge >= 0.3 is 0 Å². The quantitative estimate of drug-likeness (QED) is 0.567. The number of nitrogens with zero attached hydrogens (tertiary/aromatic N) is 1. The summed E-state index contributed by atoms with van der Waals surface area (Å²) in [5.74, 6) is 5.14. The first kappa shape index (κ1) is 19.8. The number of allylic oxidation sites excluding steroid dienone is 1. The number of halogens is 3. The Hall–Kier alpha value is -1.51. The van der Waals surface area contributed by atoms with Crippen LogP contribution in [0.1, 0.15) is 39.2 Å². The molecule has 0 bridgehead atoms. The van der Waals surface area contributed by atoms with Crippen LogP contribution in [0.15, 0.2) is 35.0 Å². The normalized spacial score (nSPS) is 19.2. The van der Waals surface area contributed by atoms with Crippen molar-refractivity contribution in [2.24, 2.45) is 16.1 Å². The largest absolute Gasteiger partial charge is 0.322 e. The van der Waals surface area contributed by atoms with Gasteiger partial charge in [-0.1, -0.05) is 27.8 Å². The van der Waals surface area contributed by atoms with Crippen molar-refractivity contribution in [3.63, 3.8) is 0 Å². The smallest absolute Gasteiger partial charge is 0.126 e. The van der Waals surface area contributed by atoms with Crippen LogP contribution in [0.2, 0.25) is 0 Å². The Morgan fingerprint density at radius 1 is 1.28 bits per heavy atom. The lowest BCUT2D eigenvalue weighted by Crippen LogP contribution is -2.25. The molecule has 0 saturated heterocycles. The lowest BCUT2D eigenvalue weighted by molar-refractivity contribution is 0.571. The number of alkyl halides is 1. The molecule has 0 fully saturated rings. The molecule has 0 amide bonds. The van der Waals surface area contributed by atoms with Crippen LogP contribution in [0, 0.1) is 28.9 Å². The molecule has 0 saturated carbocycles. The van der Waals surface area contributed by atoms with Gasteiger partial charge in [-0.25, -0.2) is 13.8 Å². The summed E-state index contributed by atoms with van der Waals surface area (Å²) >= 11 is 3.60. The SMILES string of the molecule is CC(C)(C)C#CC1=NC(C(N)Cc2cc(F)cc(F)c2)=CC(Br)CC1. The Morgan fingerprint density at radius 2 is 1.92 bits per heavy atom. The standard InChI is InChI=1S/C20H23BrF2N2/c1-20(2,3)7-6-17-5-4-14(21)11-19(25-17)18(24)10-13-8-15(22)12-16(23)9-13/h8-9,11-12,14,18H,4-5,10,24H2,1-3H3. The van der Waals surface area contributed by atoms with Gasteiger partial charge in [-0.3, -0.25) is 0 Å². The third kappa shape index (κ3) is 6.72. The summed E-state index contributed by atoms with van der Waals surface area (Å²) in [7, 11) is 0. The van der Waals surface area contributed by atoms with Crippen LogP contribution in [-0.4, -0.2) is 16.6 Å². The summed E-state index contributed by atoms with van der Waals surface area (Å²) in [6.45, 7) is 6.14. The van der Waals surface area contributed by atoms with E-state index >= 15 is 0 Å². The van der Waals surface area contributed by atoms with E-state index in [-0.39, 0.29) is 10.2 Å². The summed E-state index contributed by atoms with van der Waals surface area (Å²) < 4.78 is 26.7. The monoisotopic (exact) mass is 408 g/mol. The highest BCUT2D eigenvalue weighted by atomic mass is 79.9. The van der Waals surface area contributed by atoms with Crippen molar-refractivity contribution in [3.8, 4) is 11.8 Å². The molecule has 0 spiro atoms. The van der Waals surface area contributed by atoms with Crippen molar-refractivity contribution in [1.82, 2.24) is 0 Å². The second kappa shape index (κ2) is 8.25. The molecule has 2 nitrogen and oxygen atoms in total. The van der Waals surface area contributed by atoms with E-state index in [1.54, 1.807) is 0 Å². The molecular formula is C20H23BrF2N2. The number of nitrogens with two attached hydrogens (primary N) is 1. The minimum absolute atomic E-state index is 0.103. The first-order chi connectivity index (χ1) is 11.6. The average Bonchev–Trinajstić information content (AvgIpc) is 2.65. The van der Waals surface area contributed by atoms with Crippen molar-refractivity contribution in [2.75, 3.05) is 0 Å².